The van der Waals surface area contributed by atoms with Gasteiger partial charge in [-0.15, -0.1) is 0 Å². The van der Waals surface area contributed by atoms with E-state index in [-0.39, 0.29) is 11.7 Å². The fraction of sp³-hybridized carbons (Fsp3) is 0.231. The van der Waals surface area contributed by atoms with Crippen LogP contribution in [-0.4, -0.2) is 15.7 Å². The zero-order valence-electron chi connectivity index (χ0n) is 10.1. The number of nitrogens with one attached hydrogen (secondary N) is 1. The average Bonchev–Trinajstić information content (AvgIpc) is 2.85. The molecule has 18 heavy (non-hydrogen) atoms. The Hall–Kier alpha value is -2.17. The van der Waals surface area contributed by atoms with Crippen LogP contribution in [0.5, 0.6) is 0 Å². The van der Waals surface area contributed by atoms with E-state index in [4.69, 9.17) is 0 Å². The Labute approximate surface area is 104 Å². The summed E-state index contributed by atoms with van der Waals surface area (Å²) in [5.74, 6) is -0.589. The fourth-order valence-electron chi connectivity index (χ4n) is 1.55. The Kier molecular flexibility index (Phi) is 3.72. The molecule has 0 spiro atoms. The molecule has 1 aromatic heterocycles. The molecule has 0 atom stereocenters. The number of aromatic nitrogens is 2. The van der Waals surface area contributed by atoms with Gasteiger partial charge in [-0.2, -0.15) is 5.10 Å². The summed E-state index contributed by atoms with van der Waals surface area (Å²) in [5, 5.41) is 6.99. The molecule has 1 amide bonds. The van der Waals surface area contributed by atoms with E-state index < -0.39 is 0 Å². The highest BCUT2D eigenvalue weighted by molar-refractivity contribution is 5.94. The minimum absolute atomic E-state index is 0.235. The van der Waals surface area contributed by atoms with Crippen LogP contribution in [0.2, 0.25) is 0 Å². The van der Waals surface area contributed by atoms with Gasteiger partial charge in [-0.3, -0.25) is 9.48 Å². The quantitative estimate of drug-likeness (QED) is 0.897. The summed E-state index contributed by atoms with van der Waals surface area (Å²) in [6.45, 7) is 3.16. The molecule has 0 aliphatic heterocycles. The van der Waals surface area contributed by atoms with Crippen LogP contribution >= 0.6 is 0 Å². The van der Waals surface area contributed by atoms with Crippen molar-refractivity contribution in [3.05, 3.63) is 53.6 Å². The first-order valence-corrected chi connectivity index (χ1v) is 5.75. The largest absolute Gasteiger partial charge is 0.346 e. The van der Waals surface area contributed by atoms with Crippen LogP contribution in [0.1, 0.15) is 23.0 Å². The Morgan fingerprint density at radius 1 is 1.33 bits per heavy atom. The Balaban J connectivity index is 1.93. The van der Waals surface area contributed by atoms with E-state index in [9.17, 15) is 9.18 Å². The van der Waals surface area contributed by atoms with Gasteiger partial charge in [0.2, 0.25) is 0 Å². The maximum Gasteiger partial charge on any atom is 0.251 e. The monoisotopic (exact) mass is 247 g/mol. The van der Waals surface area contributed by atoms with Gasteiger partial charge in [-0.25, -0.2) is 4.39 Å². The lowest BCUT2D eigenvalue weighted by molar-refractivity contribution is 0.0950. The van der Waals surface area contributed by atoms with Crippen LogP contribution in [0, 0.1) is 5.82 Å². The molecule has 1 aromatic carbocycles. The summed E-state index contributed by atoms with van der Waals surface area (Å²) in [6, 6.07) is 7.29. The summed E-state index contributed by atoms with van der Waals surface area (Å²) in [7, 11) is 0. The van der Waals surface area contributed by atoms with Crippen molar-refractivity contribution in [1.29, 1.82) is 0 Å². The number of aryl methyl sites for hydroxylation is 1. The SMILES string of the molecule is CCn1ccc(CNC(=O)c2ccc(F)cc2)n1. The van der Waals surface area contributed by atoms with Crippen LogP contribution < -0.4 is 5.32 Å². The minimum Gasteiger partial charge on any atom is -0.346 e. The Bertz CT molecular complexity index is 533. The number of benzene rings is 1. The number of hydrogen-bond acceptors (Lipinski definition) is 2. The molecule has 0 saturated heterocycles. The third kappa shape index (κ3) is 2.94. The maximum absolute atomic E-state index is 12.7. The average molecular weight is 247 g/mol. The lowest BCUT2D eigenvalue weighted by Gasteiger charge is -2.03. The van der Waals surface area contributed by atoms with Gasteiger partial charge in [0.25, 0.3) is 5.91 Å². The van der Waals surface area contributed by atoms with Gasteiger partial charge in [0.1, 0.15) is 5.82 Å². The second-order valence-corrected chi connectivity index (χ2v) is 3.85. The predicted octanol–water partition coefficient (Wildman–Crippen LogP) is 1.97. The summed E-state index contributed by atoms with van der Waals surface area (Å²) in [5.41, 5.74) is 1.23. The van der Waals surface area contributed by atoms with Crippen LogP contribution in [0.3, 0.4) is 0 Å². The molecule has 1 heterocycles. The highest BCUT2D eigenvalue weighted by Gasteiger charge is 2.06. The maximum atomic E-state index is 12.7. The van der Waals surface area contributed by atoms with E-state index in [1.54, 1.807) is 4.68 Å². The van der Waals surface area contributed by atoms with Crippen molar-refractivity contribution in [2.45, 2.75) is 20.0 Å². The van der Waals surface area contributed by atoms with E-state index >= 15 is 0 Å². The number of amides is 1. The van der Waals surface area contributed by atoms with E-state index in [2.05, 4.69) is 10.4 Å². The topological polar surface area (TPSA) is 46.9 Å². The molecule has 4 nitrogen and oxygen atoms in total. The number of halogens is 1. The van der Waals surface area contributed by atoms with Crippen molar-refractivity contribution in [2.75, 3.05) is 0 Å². The first-order chi connectivity index (χ1) is 8.69. The summed E-state index contributed by atoms with van der Waals surface area (Å²) >= 11 is 0. The zero-order valence-corrected chi connectivity index (χ0v) is 10.1. The van der Waals surface area contributed by atoms with Crippen LogP contribution in [-0.2, 0) is 13.1 Å². The molecule has 0 radical (unpaired) electrons. The van der Waals surface area contributed by atoms with Crippen molar-refractivity contribution in [3.63, 3.8) is 0 Å². The number of rotatable bonds is 4. The van der Waals surface area contributed by atoms with E-state index in [0.29, 0.717) is 12.1 Å². The molecule has 0 saturated carbocycles. The van der Waals surface area contributed by atoms with Crippen molar-refractivity contribution >= 4 is 5.91 Å². The molecule has 5 heteroatoms. The second kappa shape index (κ2) is 5.44. The third-order valence-corrected chi connectivity index (χ3v) is 2.56. The molecule has 0 fully saturated rings. The molecule has 2 aromatic rings. The molecule has 1 N–H and O–H groups in total. The van der Waals surface area contributed by atoms with Crippen LogP contribution in [0.25, 0.3) is 0 Å². The van der Waals surface area contributed by atoms with Gasteiger partial charge >= 0.3 is 0 Å². The molecule has 2 rings (SSSR count). The number of nitrogens with zero attached hydrogens (tertiary/aromatic N) is 2. The minimum atomic E-state index is -0.353. The standard InChI is InChI=1S/C13H14FN3O/c1-2-17-8-7-12(16-17)9-15-13(18)10-3-5-11(14)6-4-10/h3-8H,2,9H2,1H3,(H,15,18). The number of carbonyl (C=O) groups is 1. The first-order valence-electron chi connectivity index (χ1n) is 5.75. The molecule has 0 bridgehead atoms. The Morgan fingerprint density at radius 2 is 2.06 bits per heavy atom. The summed E-state index contributed by atoms with van der Waals surface area (Å²) in [6.07, 6.45) is 1.86. The van der Waals surface area contributed by atoms with Crippen LogP contribution in [0.15, 0.2) is 36.5 Å². The van der Waals surface area contributed by atoms with Gasteiger partial charge in [0.15, 0.2) is 0 Å². The summed E-state index contributed by atoms with van der Waals surface area (Å²) < 4.78 is 14.5. The van der Waals surface area contributed by atoms with Gasteiger partial charge < -0.3 is 5.32 Å². The molecule has 0 aliphatic carbocycles. The molecule has 94 valence electrons. The Morgan fingerprint density at radius 3 is 2.67 bits per heavy atom. The number of carbonyl (C=O) groups excluding carboxylic acids is 1. The lowest BCUT2D eigenvalue weighted by Crippen LogP contribution is -2.23. The van der Waals surface area contributed by atoms with Gasteiger partial charge in [-0.1, -0.05) is 0 Å². The van der Waals surface area contributed by atoms with Crippen LogP contribution in [0.4, 0.5) is 4.39 Å². The van der Waals surface area contributed by atoms with Crippen molar-refractivity contribution < 1.29 is 9.18 Å². The summed E-state index contributed by atoms with van der Waals surface area (Å²) in [4.78, 5) is 11.7. The van der Waals surface area contributed by atoms with Crippen molar-refractivity contribution in [2.24, 2.45) is 0 Å². The van der Waals surface area contributed by atoms with E-state index in [0.717, 1.165) is 12.2 Å². The highest BCUT2D eigenvalue weighted by atomic mass is 19.1. The number of hydrogen-bond donors (Lipinski definition) is 1. The van der Waals surface area contributed by atoms with E-state index in [1.165, 1.54) is 24.3 Å². The zero-order chi connectivity index (χ0) is 13.0. The van der Waals surface area contributed by atoms with Crippen molar-refractivity contribution in [1.82, 2.24) is 15.1 Å². The second-order valence-electron chi connectivity index (χ2n) is 3.85. The van der Waals surface area contributed by atoms with Gasteiger partial charge in [0, 0.05) is 18.3 Å². The highest BCUT2D eigenvalue weighted by Crippen LogP contribution is 2.03. The normalized spacial score (nSPS) is 10.3. The van der Waals surface area contributed by atoms with Gasteiger partial charge in [0.05, 0.1) is 12.2 Å². The first kappa shape index (κ1) is 12.3. The lowest BCUT2D eigenvalue weighted by atomic mass is 10.2. The molecule has 0 aliphatic rings. The van der Waals surface area contributed by atoms with Gasteiger partial charge in [-0.05, 0) is 37.3 Å². The molecular formula is C13H14FN3O. The predicted molar refractivity (Wildman–Crippen MR) is 65.5 cm³/mol. The molecular weight excluding hydrogens is 233 g/mol. The fourth-order valence-corrected chi connectivity index (χ4v) is 1.55. The molecule has 0 unspecified atom stereocenters. The van der Waals surface area contributed by atoms with Crippen molar-refractivity contribution in [3.8, 4) is 0 Å². The third-order valence-electron chi connectivity index (χ3n) is 2.56. The smallest absolute Gasteiger partial charge is 0.251 e. The van der Waals surface area contributed by atoms with E-state index in [1.807, 2.05) is 19.2 Å².